The van der Waals surface area contributed by atoms with E-state index in [1.807, 2.05) is 0 Å². The third-order valence-electron chi connectivity index (χ3n) is 2.86. The molecule has 0 atom stereocenters. The first kappa shape index (κ1) is 15.3. The van der Waals surface area contributed by atoms with Crippen molar-refractivity contribution in [1.29, 1.82) is 0 Å². The minimum atomic E-state index is -1.36. The number of hydroxylamine groups is 2. The Bertz CT molecular complexity index is 566. The van der Waals surface area contributed by atoms with Crippen molar-refractivity contribution in [2.45, 2.75) is 32.3 Å². The average Bonchev–Trinajstić information content (AvgIpc) is 2.73. The smallest absolute Gasteiger partial charge is 0.375 e. The van der Waals surface area contributed by atoms with Crippen LogP contribution in [-0.2, 0) is 19.2 Å². The second-order valence-corrected chi connectivity index (χ2v) is 5.46. The predicted octanol–water partition coefficient (Wildman–Crippen LogP) is 2.10. The van der Waals surface area contributed by atoms with E-state index in [1.54, 1.807) is 24.3 Å². The Labute approximate surface area is 126 Å². The molecule has 1 saturated heterocycles. The average molecular weight is 312 g/mol. The summed E-state index contributed by atoms with van der Waals surface area (Å²) in [7, 11) is 0. The second-order valence-electron chi connectivity index (χ2n) is 5.03. The number of halogens is 1. The number of carbonyl (C=O) groups excluding carboxylic acids is 3. The lowest BCUT2D eigenvalue weighted by Crippen LogP contribution is -2.44. The summed E-state index contributed by atoms with van der Waals surface area (Å²) in [5, 5.41) is 1.03. The fourth-order valence-electron chi connectivity index (χ4n) is 1.69. The number of benzene rings is 1. The molecule has 1 heterocycles. The quantitative estimate of drug-likeness (QED) is 0.796. The Morgan fingerprint density at radius 2 is 1.67 bits per heavy atom. The molecule has 0 aliphatic carbocycles. The first-order valence-electron chi connectivity index (χ1n) is 6.32. The monoisotopic (exact) mass is 311 g/mol. The zero-order valence-electron chi connectivity index (χ0n) is 11.6. The van der Waals surface area contributed by atoms with Crippen LogP contribution in [0.2, 0.25) is 5.02 Å². The number of hydrogen-bond donors (Lipinski definition) is 0. The largest absolute Gasteiger partial charge is 0.476 e. The van der Waals surface area contributed by atoms with E-state index in [1.165, 1.54) is 13.8 Å². The lowest BCUT2D eigenvalue weighted by molar-refractivity contribution is -0.207. The van der Waals surface area contributed by atoms with E-state index in [4.69, 9.17) is 21.2 Å². The molecule has 0 saturated carbocycles. The van der Waals surface area contributed by atoms with Crippen LogP contribution < -0.4 is 4.74 Å². The van der Waals surface area contributed by atoms with Crippen LogP contribution in [0.4, 0.5) is 0 Å². The molecule has 1 fully saturated rings. The van der Waals surface area contributed by atoms with Crippen LogP contribution >= 0.6 is 11.6 Å². The molecule has 0 spiro atoms. The molecule has 0 N–H and O–H groups in total. The molecule has 2 amide bonds. The SMILES string of the molecule is CC(C)(Oc1ccc(Cl)cc1)C(=O)ON1C(=O)CCC1=O. The molecule has 7 heteroatoms. The fourth-order valence-corrected chi connectivity index (χ4v) is 1.82. The maximum Gasteiger partial charge on any atom is 0.375 e. The van der Waals surface area contributed by atoms with Crippen molar-refractivity contribution >= 4 is 29.4 Å². The fraction of sp³-hybridized carbons (Fsp3) is 0.357. The van der Waals surface area contributed by atoms with Gasteiger partial charge in [0.25, 0.3) is 11.8 Å². The van der Waals surface area contributed by atoms with Gasteiger partial charge >= 0.3 is 5.97 Å². The first-order valence-corrected chi connectivity index (χ1v) is 6.70. The van der Waals surface area contributed by atoms with Crippen molar-refractivity contribution < 1.29 is 24.0 Å². The number of carbonyl (C=O) groups is 3. The normalized spacial score (nSPS) is 15.3. The Morgan fingerprint density at radius 3 is 2.19 bits per heavy atom. The van der Waals surface area contributed by atoms with Crippen LogP contribution in [0.15, 0.2) is 24.3 Å². The zero-order valence-corrected chi connectivity index (χ0v) is 12.3. The molecular formula is C14H14ClNO5. The van der Waals surface area contributed by atoms with Gasteiger partial charge < -0.3 is 9.57 Å². The van der Waals surface area contributed by atoms with Crippen molar-refractivity contribution in [3.63, 3.8) is 0 Å². The topological polar surface area (TPSA) is 72.9 Å². The predicted molar refractivity (Wildman–Crippen MR) is 73.3 cm³/mol. The molecule has 1 aromatic carbocycles. The van der Waals surface area contributed by atoms with E-state index in [0.717, 1.165) is 0 Å². The van der Waals surface area contributed by atoms with Gasteiger partial charge in [-0.15, -0.1) is 5.06 Å². The minimum absolute atomic E-state index is 0.0462. The molecule has 112 valence electrons. The number of rotatable bonds is 4. The molecule has 1 aliphatic heterocycles. The van der Waals surface area contributed by atoms with Gasteiger partial charge in [-0.3, -0.25) is 9.59 Å². The molecule has 0 unspecified atom stereocenters. The maximum absolute atomic E-state index is 12.1. The highest BCUT2D eigenvalue weighted by Gasteiger charge is 2.39. The van der Waals surface area contributed by atoms with Crippen LogP contribution in [0.3, 0.4) is 0 Å². The summed E-state index contributed by atoms with van der Waals surface area (Å²) in [5.41, 5.74) is -1.36. The van der Waals surface area contributed by atoms with Gasteiger partial charge in [-0.05, 0) is 38.1 Å². The number of amides is 2. The highest BCUT2D eigenvalue weighted by atomic mass is 35.5. The number of nitrogens with zero attached hydrogens (tertiary/aromatic N) is 1. The van der Waals surface area contributed by atoms with Gasteiger partial charge in [-0.25, -0.2) is 4.79 Å². The van der Waals surface area contributed by atoms with Gasteiger partial charge in [0, 0.05) is 17.9 Å². The molecule has 2 rings (SSSR count). The summed E-state index contributed by atoms with van der Waals surface area (Å²) in [6.45, 7) is 2.96. The van der Waals surface area contributed by atoms with Crippen LogP contribution in [0, 0.1) is 0 Å². The Morgan fingerprint density at radius 1 is 1.14 bits per heavy atom. The third kappa shape index (κ3) is 3.52. The Hall–Kier alpha value is -2.08. The standard InChI is InChI=1S/C14H14ClNO5/c1-14(2,20-10-5-3-9(15)4-6-10)13(19)21-16-11(17)7-8-12(16)18/h3-6H,7-8H2,1-2H3. The van der Waals surface area contributed by atoms with E-state index in [0.29, 0.717) is 15.8 Å². The van der Waals surface area contributed by atoms with E-state index < -0.39 is 23.4 Å². The lowest BCUT2D eigenvalue weighted by atomic mass is 10.1. The third-order valence-corrected chi connectivity index (χ3v) is 3.11. The molecular weight excluding hydrogens is 298 g/mol. The molecule has 6 nitrogen and oxygen atoms in total. The van der Waals surface area contributed by atoms with Crippen LogP contribution in [0.1, 0.15) is 26.7 Å². The molecule has 21 heavy (non-hydrogen) atoms. The Balaban J connectivity index is 2.04. The molecule has 0 bridgehead atoms. The maximum atomic E-state index is 12.1. The van der Waals surface area contributed by atoms with E-state index in [-0.39, 0.29) is 12.8 Å². The van der Waals surface area contributed by atoms with Crippen LogP contribution in [0.5, 0.6) is 5.75 Å². The van der Waals surface area contributed by atoms with Gasteiger partial charge in [0.05, 0.1) is 0 Å². The van der Waals surface area contributed by atoms with Gasteiger partial charge in [0.2, 0.25) is 5.60 Å². The summed E-state index contributed by atoms with van der Waals surface area (Å²) < 4.78 is 5.52. The van der Waals surface area contributed by atoms with Crippen molar-refractivity contribution in [3.05, 3.63) is 29.3 Å². The molecule has 0 radical (unpaired) electrons. The van der Waals surface area contributed by atoms with Crippen LogP contribution in [0.25, 0.3) is 0 Å². The van der Waals surface area contributed by atoms with E-state index in [9.17, 15) is 14.4 Å². The second kappa shape index (κ2) is 5.73. The Kier molecular flexibility index (Phi) is 4.18. The highest BCUT2D eigenvalue weighted by molar-refractivity contribution is 6.30. The first-order chi connectivity index (χ1) is 9.79. The lowest BCUT2D eigenvalue weighted by Gasteiger charge is -2.25. The van der Waals surface area contributed by atoms with Gasteiger partial charge in [0.1, 0.15) is 5.75 Å². The molecule has 1 aromatic rings. The van der Waals surface area contributed by atoms with Gasteiger partial charge in [-0.2, -0.15) is 0 Å². The summed E-state index contributed by atoms with van der Waals surface area (Å²) in [6, 6.07) is 6.44. The number of hydrogen-bond acceptors (Lipinski definition) is 5. The summed E-state index contributed by atoms with van der Waals surface area (Å²) in [4.78, 5) is 39.7. The number of ether oxygens (including phenoxy) is 1. The van der Waals surface area contributed by atoms with Crippen molar-refractivity contribution in [1.82, 2.24) is 5.06 Å². The van der Waals surface area contributed by atoms with E-state index >= 15 is 0 Å². The number of imide groups is 1. The van der Waals surface area contributed by atoms with Crippen molar-refractivity contribution in [2.75, 3.05) is 0 Å². The van der Waals surface area contributed by atoms with Crippen molar-refractivity contribution in [2.24, 2.45) is 0 Å². The summed E-state index contributed by atoms with van der Waals surface area (Å²) in [6.07, 6.45) is 0.0924. The van der Waals surface area contributed by atoms with E-state index in [2.05, 4.69) is 0 Å². The van der Waals surface area contributed by atoms with Gasteiger partial charge in [0.15, 0.2) is 0 Å². The van der Waals surface area contributed by atoms with Crippen molar-refractivity contribution in [3.8, 4) is 5.75 Å². The minimum Gasteiger partial charge on any atom is -0.476 e. The summed E-state index contributed by atoms with van der Waals surface area (Å²) in [5.74, 6) is -1.48. The molecule has 1 aliphatic rings. The highest BCUT2D eigenvalue weighted by Crippen LogP contribution is 2.23. The van der Waals surface area contributed by atoms with Crippen LogP contribution in [-0.4, -0.2) is 28.4 Å². The zero-order chi connectivity index (χ0) is 15.6. The van der Waals surface area contributed by atoms with Gasteiger partial charge in [-0.1, -0.05) is 11.6 Å². The molecule has 0 aromatic heterocycles. The summed E-state index contributed by atoms with van der Waals surface area (Å²) >= 11 is 5.76.